The average molecular weight is 286 g/mol. The minimum Gasteiger partial charge on any atom is -0.306 e. The quantitative estimate of drug-likeness (QED) is 0.894. The van der Waals surface area contributed by atoms with Crippen molar-refractivity contribution >= 4 is 0 Å². The molecule has 1 N–H and O–H groups in total. The summed E-state index contributed by atoms with van der Waals surface area (Å²) in [5.74, 6) is -0.297. The van der Waals surface area contributed by atoms with Crippen molar-refractivity contribution in [3.8, 4) is 0 Å². The summed E-state index contributed by atoms with van der Waals surface area (Å²) >= 11 is 0. The number of benzene rings is 1. The molecular weight excluding hydrogens is 263 g/mol. The van der Waals surface area contributed by atoms with Crippen LogP contribution in [0.25, 0.3) is 0 Å². The summed E-state index contributed by atoms with van der Waals surface area (Å²) in [5, 5.41) is 3.53. The highest BCUT2D eigenvalue weighted by Crippen LogP contribution is 2.22. The van der Waals surface area contributed by atoms with Gasteiger partial charge in [-0.05, 0) is 49.1 Å². The number of aryl methyl sites for hydroxylation is 2. The molecule has 1 aromatic heterocycles. The van der Waals surface area contributed by atoms with Gasteiger partial charge in [0.2, 0.25) is 0 Å². The number of nitrogens with zero attached hydrogens (tertiary/aromatic N) is 1. The molecule has 2 nitrogen and oxygen atoms in total. The van der Waals surface area contributed by atoms with Crippen LogP contribution in [0.2, 0.25) is 0 Å². The molecule has 112 valence electrons. The molecular formula is C18H23FN2. The van der Waals surface area contributed by atoms with E-state index in [-0.39, 0.29) is 11.9 Å². The van der Waals surface area contributed by atoms with Crippen molar-refractivity contribution in [2.24, 2.45) is 0 Å². The fourth-order valence-corrected chi connectivity index (χ4v) is 2.62. The molecule has 0 radical (unpaired) electrons. The van der Waals surface area contributed by atoms with Crippen LogP contribution in [0.3, 0.4) is 0 Å². The van der Waals surface area contributed by atoms with Crippen molar-refractivity contribution in [3.63, 3.8) is 0 Å². The molecule has 0 aliphatic rings. The van der Waals surface area contributed by atoms with Gasteiger partial charge in [0.15, 0.2) is 0 Å². The maximum absolute atomic E-state index is 13.1. The van der Waals surface area contributed by atoms with Gasteiger partial charge in [-0.25, -0.2) is 4.39 Å². The van der Waals surface area contributed by atoms with E-state index in [1.165, 1.54) is 29.0 Å². The van der Waals surface area contributed by atoms with E-state index in [1.807, 2.05) is 0 Å². The Balaban J connectivity index is 2.30. The fraction of sp³-hybridized carbons (Fsp3) is 0.389. The van der Waals surface area contributed by atoms with Crippen LogP contribution in [-0.2, 0) is 6.42 Å². The number of hydrogen-bond acceptors (Lipinski definition) is 2. The fourth-order valence-electron chi connectivity index (χ4n) is 2.62. The molecule has 0 amide bonds. The first-order valence-electron chi connectivity index (χ1n) is 7.40. The van der Waals surface area contributed by atoms with Crippen molar-refractivity contribution in [3.05, 3.63) is 64.7 Å². The summed E-state index contributed by atoms with van der Waals surface area (Å²) in [6.07, 6.45) is 2.14. The van der Waals surface area contributed by atoms with Gasteiger partial charge in [0, 0.05) is 6.04 Å². The van der Waals surface area contributed by atoms with Crippen molar-refractivity contribution < 1.29 is 4.39 Å². The van der Waals surface area contributed by atoms with Crippen LogP contribution in [0.15, 0.2) is 36.5 Å². The van der Waals surface area contributed by atoms with Crippen molar-refractivity contribution in [2.75, 3.05) is 0 Å². The summed E-state index contributed by atoms with van der Waals surface area (Å²) < 4.78 is 13.1. The average Bonchev–Trinajstić information content (AvgIpc) is 2.42. The minimum absolute atomic E-state index is 0.0883. The minimum atomic E-state index is -0.297. The van der Waals surface area contributed by atoms with Crippen molar-refractivity contribution in [1.29, 1.82) is 0 Å². The summed E-state index contributed by atoms with van der Waals surface area (Å²) in [4.78, 5) is 4.25. The van der Waals surface area contributed by atoms with Crippen LogP contribution in [0.5, 0.6) is 0 Å². The Hall–Kier alpha value is -1.74. The standard InChI is InChI=1S/C18H23FN2/c1-12(2)21-18(17-9-8-15(19)11-20-17)10-16-13(3)6-5-7-14(16)4/h5-9,11-12,18,21H,10H2,1-4H3. The lowest BCUT2D eigenvalue weighted by atomic mass is 9.94. The lowest BCUT2D eigenvalue weighted by Gasteiger charge is -2.23. The number of pyridine rings is 1. The first-order valence-corrected chi connectivity index (χ1v) is 7.40. The zero-order valence-corrected chi connectivity index (χ0v) is 13.2. The lowest BCUT2D eigenvalue weighted by molar-refractivity contribution is 0.463. The predicted octanol–water partition coefficient (Wildman–Crippen LogP) is 4.12. The number of hydrogen-bond donors (Lipinski definition) is 1. The normalized spacial score (nSPS) is 12.7. The van der Waals surface area contributed by atoms with Crippen LogP contribution >= 0.6 is 0 Å². The Bertz CT molecular complexity index is 570. The summed E-state index contributed by atoms with van der Waals surface area (Å²) in [6.45, 7) is 8.49. The molecule has 3 heteroatoms. The van der Waals surface area contributed by atoms with Crippen molar-refractivity contribution in [2.45, 2.75) is 46.2 Å². The largest absolute Gasteiger partial charge is 0.306 e. The Labute approximate surface area is 126 Å². The topological polar surface area (TPSA) is 24.9 Å². The zero-order chi connectivity index (χ0) is 15.4. The molecule has 21 heavy (non-hydrogen) atoms. The second-order valence-corrected chi connectivity index (χ2v) is 5.85. The molecule has 0 fully saturated rings. The molecule has 0 bridgehead atoms. The number of aromatic nitrogens is 1. The molecule has 1 atom stereocenters. The third kappa shape index (κ3) is 4.11. The third-order valence-electron chi connectivity index (χ3n) is 3.69. The Kier molecular flexibility index (Phi) is 5.07. The SMILES string of the molecule is Cc1cccc(C)c1CC(NC(C)C)c1ccc(F)cn1. The van der Waals surface area contributed by atoms with Gasteiger partial charge in [0.25, 0.3) is 0 Å². The highest BCUT2D eigenvalue weighted by Gasteiger charge is 2.17. The van der Waals surface area contributed by atoms with E-state index >= 15 is 0 Å². The second-order valence-electron chi connectivity index (χ2n) is 5.85. The number of rotatable bonds is 5. The summed E-state index contributed by atoms with van der Waals surface area (Å²) in [7, 11) is 0. The van der Waals surface area contributed by atoms with Gasteiger partial charge in [-0.1, -0.05) is 32.0 Å². The maximum atomic E-state index is 13.1. The van der Waals surface area contributed by atoms with Gasteiger partial charge < -0.3 is 5.32 Å². The highest BCUT2D eigenvalue weighted by molar-refractivity contribution is 5.35. The molecule has 1 aromatic carbocycles. The van der Waals surface area contributed by atoms with E-state index in [0.29, 0.717) is 6.04 Å². The zero-order valence-electron chi connectivity index (χ0n) is 13.2. The van der Waals surface area contributed by atoms with Gasteiger partial charge in [0.1, 0.15) is 5.82 Å². The molecule has 1 heterocycles. The predicted molar refractivity (Wildman–Crippen MR) is 84.8 cm³/mol. The van der Waals surface area contributed by atoms with E-state index in [4.69, 9.17) is 0 Å². The first-order chi connectivity index (χ1) is 9.97. The number of halogens is 1. The van der Waals surface area contributed by atoms with Crippen LogP contribution < -0.4 is 5.32 Å². The van der Waals surface area contributed by atoms with Crippen molar-refractivity contribution in [1.82, 2.24) is 10.3 Å². The Morgan fingerprint density at radius 2 is 1.76 bits per heavy atom. The van der Waals surface area contributed by atoms with Crippen LogP contribution in [0.4, 0.5) is 4.39 Å². The molecule has 2 rings (SSSR count). The molecule has 0 spiro atoms. The third-order valence-corrected chi connectivity index (χ3v) is 3.69. The first kappa shape index (κ1) is 15.6. The van der Waals surface area contributed by atoms with E-state index in [9.17, 15) is 4.39 Å². The smallest absolute Gasteiger partial charge is 0.141 e. The number of nitrogens with one attached hydrogen (secondary N) is 1. The van der Waals surface area contributed by atoms with E-state index in [1.54, 1.807) is 6.07 Å². The summed E-state index contributed by atoms with van der Waals surface area (Å²) in [6, 6.07) is 10.0. The van der Waals surface area contributed by atoms with Gasteiger partial charge >= 0.3 is 0 Å². The van der Waals surface area contributed by atoms with Gasteiger partial charge in [-0.15, -0.1) is 0 Å². The van der Waals surface area contributed by atoms with Gasteiger partial charge in [-0.2, -0.15) is 0 Å². The van der Waals surface area contributed by atoms with E-state index < -0.39 is 0 Å². The molecule has 0 saturated heterocycles. The van der Waals surface area contributed by atoms with Crippen LogP contribution in [-0.4, -0.2) is 11.0 Å². The second kappa shape index (κ2) is 6.81. The molecule has 0 aliphatic carbocycles. The lowest BCUT2D eigenvalue weighted by Crippen LogP contribution is -2.30. The molecule has 0 saturated carbocycles. The van der Waals surface area contributed by atoms with E-state index in [2.05, 4.69) is 56.2 Å². The monoisotopic (exact) mass is 286 g/mol. The molecule has 1 unspecified atom stereocenters. The Morgan fingerprint density at radius 3 is 2.29 bits per heavy atom. The van der Waals surface area contributed by atoms with E-state index in [0.717, 1.165) is 12.1 Å². The van der Waals surface area contributed by atoms with Crippen LogP contribution in [0, 0.1) is 19.7 Å². The summed E-state index contributed by atoms with van der Waals surface area (Å²) in [5.41, 5.74) is 4.79. The maximum Gasteiger partial charge on any atom is 0.141 e. The van der Waals surface area contributed by atoms with Crippen LogP contribution in [0.1, 0.15) is 42.3 Å². The molecule has 2 aromatic rings. The highest BCUT2D eigenvalue weighted by atomic mass is 19.1. The van der Waals surface area contributed by atoms with Gasteiger partial charge in [0.05, 0.1) is 17.9 Å². The molecule has 0 aliphatic heterocycles. The van der Waals surface area contributed by atoms with Gasteiger partial charge in [-0.3, -0.25) is 4.98 Å². The Morgan fingerprint density at radius 1 is 1.10 bits per heavy atom.